The van der Waals surface area contributed by atoms with Crippen LogP contribution in [0.5, 0.6) is 0 Å². The van der Waals surface area contributed by atoms with E-state index >= 15 is 0 Å². The Balaban J connectivity index is 2.68. The fourth-order valence-corrected chi connectivity index (χ4v) is 2.65. The Kier molecular flexibility index (Phi) is 5.32. The van der Waals surface area contributed by atoms with Gasteiger partial charge in [0.1, 0.15) is 0 Å². The van der Waals surface area contributed by atoms with Crippen LogP contribution >= 0.6 is 23.2 Å². The van der Waals surface area contributed by atoms with Crippen molar-refractivity contribution in [2.24, 2.45) is 0 Å². The summed E-state index contributed by atoms with van der Waals surface area (Å²) in [4.78, 5) is 0. The highest BCUT2D eigenvalue weighted by molar-refractivity contribution is 7.92. The predicted octanol–water partition coefficient (Wildman–Crippen LogP) is 3.54. The highest BCUT2D eigenvalue weighted by Gasteiger charge is 2.15. The lowest BCUT2D eigenvalue weighted by Crippen LogP contribution is -2.23. The lowest BCUT2D eigenvalue weighted by atomic mass is 10.2. The maximum Gasteiger partial charge on any atom is 0.154 e. The first-order chi connectivity index (χ1) is 8.24. The SMILES string of the molecule is Cc1cc(Cl)c(NCCS(=O)(=O)C(C)C)cc1Cl. The van der Waals surface area contributed by atoms with Gasteiger partial charge in [0.2, 0.25) is 0 Å². The van der Waals surface area contributed by atoms with Gasteiger partial charge in [-0.05, 0) is 38.5 Å². The molecule has 0 bridgehead atoms. The van der Waals surface area contributed by atoms with Crippen LogP contribution < -0.4 is 5.32 Å². The normalized spacial score (nSPS) is 11.9. The first kappa shape index (κ1) is 15.6. The molecule has 3 nitrogen and oxygen atoms in total. The molecule has 0 aliphatic carbocycles. The fourth-order valence-electron chi connectivity index (χ4n) is 1.35. The number of hydrogen-bond acceptors (Lipinski definition) is 3. The lowest BCUT2D eigenvalue weighted by molar-refractivity contribution is 0.588. The highest BCUT2D eigenvalue weighted by Crippen LogP contribution is 2.28. The molecule has 0 fully saturated rings. The number of anilines is 1. The van der Waals surface area contributed by atoms with Gasteiger partial charge in [-0.2, -0.15) is 0 Å². The Morgan fingerprint density at radius 1 is 1.22 bits per heavy atom. The molecule has 0 amide bonds. The van der Waals surface area contributed by atoms with Gasteiger partial charge in [-0.1, -0.05) is 23.2 Å². The van der Waals surface area contributed by atoms with Crippen LogP contribution in [0.3, 0.4) is 0 Å². The Labute approximate surface area is 118 Å². The van der Waals surface area contributed by atoms with Gasteiger partial charge >= 0.3 is 0 Å². The van der Waals surface area contributed by atoms with Gasteiger partial charge in [-0.15, -0.1) is 0 Å². The van der Waals surface area contributed by atoms with Crippen LogP contribution in [0.4, 0.5) is 5.69 Å². The summed E-state index contributed by atoms with van der Waals surface area (Å²) < 4.78 is 23.3. The molecular formula is C12H17Cl2NO2S. The van der Waals surface area contributed by atoms with Gasteiger partial charge in [0.05, 0.1) is 21.7 Å². The Hall–Kier alpha value is -0.450. The van der Waals surface area contributed by atoms with Gasteiger partial charge in [0.15, 0.2) is 9.84 Å². The monoisotopic (exact) mass is 309 g/mol. The van der Waals surface area contributed by atoms with Crippen molar-refractivity contribution < 1.29 is 8.42 Å². The third-order valence-electron chi connectivity index (χ3n) is 2.67. The van der Waals surface area contributed by atoms with E-state index in [1.807, 2.05) is 6.92 Å². The summed E-state index contributed by atoms with van der Waals surface area (Å²) in [6.07, 6.45) is 0. The van der Waals surface area contributed by atoms with Gasteiger partial charge in [0.25, 0.3) is 0 Å². The molecule has 1 N–H and O–H groups in total. The zero-order chi connectivity index (χ0) is 13.9. The van der Waals surface area contributed by atoms with E-state index < -0.39 is 9.84 Å². The minimum Gasteiger partial charge on any atom is -0.383 e. The molecule has 0 aromatic heterocycles. The zero-order valence-electron chi connectivity index (χ0n) is 10.6. The van der Waals surface area contributed by atoms with Crippen LogP contribution in [-0.4, -0.2) is 26.0 Å². The second-order valence-electron chi connectivity index (χ2n) is 4.42. The Morgan fingerprint density at radius 3 is 2.39 bits per heavy atom. The van der Waals surface area contributed by atoms with Gasteiger partial charge in [-0.25, -0.2) is 8.42 Å². The van der Waals surface area contributed by atoms with E-state index in [0.717, 1.165) is 5.56 Å². The summed E-state index contributed by atoms with van der Waals surface area (Å²) in [7, 11) is -3.04. The fraction of sp³-hybridized carbons (Fsp3) is 0.500. The summed E-state index contributed by atoms with van der Waals surface area (Å²) in [6, 6.07) is 3.46. The molecule has 0 saturated carbocycles. The van der Waals surface area contributed by atoms with Crippen molar-refractivity contribution in [3.8, 4) is 0 Å². The topological polar surface area (TPSA) is 46.2 Å². The van der Waals surface area contributed by atoms with Gasteiger partial charge in [0, 0.05) is 11.6 Å². The lowest BCUT2D eigenvalue weighted by Gasteiger charge is -2.12. The number of benzene rings is 1. The van der Waals surface area contributed by atoms with E-state index in [0.29, 0.717) is 22.3 Å². The van der Waals surface area contributed by atoms with Crippen molar-refractivity contribution >= 4 is 38.7 Å². The van der Waals surface area contributed by atoms with Crippen molar-refractivity contribution in [2.45, 2.75) is 26.0 Å². The first-order valence-electron chi connectivity index (χ1n) is 5.65. The molecule has 1 aromatic carbocycles. The van der Waals surface area contributed by atoms with Crippen molar-refractivity contribution in [3.63, 3.8) is 0 Å². The molecule has 0 radical (unpaired) electrons. The average Bonchev–Trinajstić information content (AvgIpc) is 2.25. The molecule has 1 aromatic rings. The molecule has 0 atom stereocenters. The molecule has 102 valence electrons. The summed E-state index contributed by atoms with van der Waals surface area (Å²) in [5.74, 6) is 0.0759. The molecule has 18 heavy (non-hydrogen) atoms. The van der Waals surface area contributed by atoms with E-state index in [4.69, 9.17) is 23.2 Å². The van der Waals surface area contributed by atoms with Crippen molar-refractivity contribution in [3.05, 3.63) is 27.7 Å². The van der Waals surface area contributed by atoms with E-state index in [2.05, 4.69) is 5.32 Å². The van der Waals surface area contributed by atoms with Crippen LogP contribution in [0.15, 0.2) is 12.1 Å². The highest BCUT2D eigenvalue weighted by atomic mass is 35.5. The smallest absolute Gasteiger partial charge is 0.154 e. The number of hydrogen-bond donors (Lipinski definition) is 1. The van der Waals surface area contributed by atoms with Gasteiger partial charge in [-0.3, -0.25) is 0 Å². The maximum absolute atomic E-state index is 11.6. The van der Waals surface area contributed by atoms with E-state index in [1.54, 1.807) is 26.0 Å². The number of aryl methyl sites for hydroxylation is 1. The quantitative estimate of drug-likeness (QED) is 0.905. The maximum atomic E-state index is 11.6. The second kappa shape index (κ2) is 6.13. The third kappa shape index (κ3) is 4.04. The van der Waals surface area contributed by atoms with Crippen LogP contribution in [0.1, 0.15) is 19.4 Å². The standard InChI is InChI=1S/C12H17Cl2NO2S/c1-8(2)18(16,17)5-4-15-12-7-10(13)9(3)6-11(12)14/h6-8,15H,4-5H2,1-3H3. The minimum absolute atomic E-state index is 0.0759. The Bertz CT molecular complexity index is 527. The third-order valence-corrected chi connectivity index (χ3v) is 5.60. The molecule has 0 aliphatic heterocycles. The molecule has 6 heteroatoms. The first-order valence-corrected chi connectivity index (χ1v) is 8.12. The number of halogens is 2. The van der Waals surface area contributed by atoms with Crippen LogP contribution in [0, 0.1) is 6.92 Å². The van der Waals surface area contributed by atoms with Crippen LogP contribution in [0.25, 0.3) is 0 Å². The largest absolute Gasteiger partial charge is 0.383 e. The molecule has 0 heterocycles. The van der Waals surface area contributed by atoms with E-state index in [9.17, 15) is 8.42 Å². The predicted molar refractivity (Wildman–Crippen MR) is 78.6 cm³/mol. The number of rotatable bonds is 5. The van der Waals surface area contributed by atoms with Crippen molar-refractivity contribution in [1.29, 1.82) is 0 Å². The number of nitrogens with one attached hydrogen (secondary N) is 1. The minimum atomic E-state index is -3.04. The molecule has 0 spiro atoms. The second-order valence-corrected chi connectivity index (χ2v) is 7.91. The molecule has 0 unspecified atom stereocenters. The van der Waals surface area contributed by atoms with Crippen LogP contribution in [-0.2, 0) is 9.84 Å². The van der Waals surface area contributed by atoms with Gasteiger partial charge < -0.3 is 5.32 Å². The van der Waals surface area contributed by atoms with Crippen molar-refractivity contribution in [1.82, 2.24) is 0 Å². The van der Waals surface area contributed by atoms with E-state index in [1.165, 1.54) is 0 Å². The van der Waals surface area contributed by atoms with E-state index in [-0.39, 0.29) is 11.0 Å². The molecule has 0 saturated heterocycles. The van der Waals surface area contributed by atoms with Crippen LogP contribution in [0.2, 0.25) is 10.0 Å². The zero-order valence-corrected chi connectivity index (χ0v) is 13.0. The molecule has 1 rings (SSSR count). The summed E-state index contributed by atoms with van der Waals surface area (Å²) in [6.45, 7) is 5.52. The Morgan fingerprint density at radius 2 is 1.83 bits per heavy atom. The summed E-state index contributed by atoms with van der Waals surface area (Å²) >= 11 is 12.0. The summed E-state index contributed by atoms with van der Waals surface area (Å²) in [5.41, 5.74) is 1.55. The number of sulfone groups is 1. The molecular weight excluding hydrogens is 293 g/mol. The average molecular weight is 310 g/mol. The van der Waals surface area contributed by atoms with Crippen molar-refractivity contribution in [2.75, 3.05) is 17.6 Å². The summed E-state index contributed by atoms with van der Waals surface area (Å²) in [5, 5.41) is 3.78. The molecule has 0 aliphatic rings.